The Labute approximate surface area is 125 Å². The average molecular weight is 286 g/mol. The van der Waals surface area contributed by atoms with Crippen LogP contribution in [0.5, 0.6) is 0 Å². The number of aryl methyl sites for hydroxylation is 1. The van der Waals surface area contributed by atoms with Crippen molar-refractivity contribution in [2.24, 2.45) is 5.73 Å². The number of nitrogens with two attached hydrogens (primary N) is 1. The molecule has 0 saturated heterocycles. The largest absolute Gasteiger partial charge is 0.368 e. The first kappa shape index (κ1) is 15.4. The number of primary amides is 1. The van der Waals surface area contributed by atoms with Gasteiger partial charge in [0, 0.05) is 24.2 Å². The van der Waals surface area contributed by atoms with Gasteiger partial charge in [0.05, 0.1) is 5.52 Å². The lowest BCUT2D eigenvalue weighted by Gasteiger charge is -2.18. The molecule has 0 saturated carbocycles. The summed E-state index contributed by atoms with van der Waals surface area (Å²) in [6.45, 7) is 3.51. The molecule has 5 heteroatoms. The summed E-state index contributed by atoms with van der Waals surface area (Å²) in [5.41, 5.74) is 8.30. The van der Waals surface area contributed by atoms with E-state index >= 15 is 0 Å². The maximum absolute atomic E-state index is 11.7. The standard InChI is InChI=1S/C16H22N4O/c1-11-4-5-12-10-13(6-7-14(12)19-11)15(16(17)21)18-8-9-20(2)3/h4-7,10,15,18H,8-9H2,1-3H3,(H2,17,21). The third-order valence-corrected chi connectivity index (χ3v) is 3.38. The fourth-order valence-electron chi connectivity index (χ4n) is 2.24. The second-order valence-electron chi connectivity index (χ2n) is 5.50. The molecule has 2 aromatic rings. The van der Waals surface area contributed by atoms with Crippen LogP contribution < -0.4 is 11.1 Å². The molecule has 112 valence electrons. The van der Waals surface area contributed by atoms with Gasteiger partial charge in [-0.05, 0) is 44.8 Å². The molecule has 1 unspecified atom stereocenters. The van der Waals surface area contributed by atoms with Crippen LogP contribution in [0.1, 0.15) is 17.3 Å². The van der Waals surface area contributed by atoms with E-state index in [0.717, 1.165) is 28.7 Å². The number of pyridine rings is 1. The summed E-state index contributed by atoms with van der Waals surface area (Å²) >= 11 is 0. The summed E-state index contributed by atoms with van der Waals surface area (Å²) in [6.07, 6.45) is 0. The molecule has 0 aliphatic heterocycles. The lowest BCUT2D eigenvalue weighted by molar-refractivity contribution is -0.120. The molecule has 3 N–H and O–H groups in total. The molecule has 1 heterocycles. The maximum atomic E-state index is 11.7. The average Bonchev–Trinajstić information content (AvgIpc) is 2.42. The van der Waals surface area contributed by atoms with Gasteiger partial charge >= 0.3 is 0 Å². The number of aromatic nitrogens is 1. The van der Waals surface area contributed by atoms with E-state index in [-0.39, 0.29) is 5.91 Å². The van der Waals surface area contributed by atoms with Gasteiger partial charge < -0.3 is 16.0 Å². The van der Waals surface area contributed by atoms with Crippen molar-refractivity contribution in [3.63, 3.8) is 0 Å². The number of nitrogens with zero attached hydrogens (tertiary/aromatic N) is 2. The van der Waals surface area contributed by atoms with Crippen LogP contribution in [0.4, 0.5) is 0 Å². The molecule has 0 bridgehead atoms. The predicted octanol–water partition coefficient (Wildman–Crippen LogP) is 1.22. The monoisotopic (exact) mass is 286 g/mol. The van der Waals surface area contributed by atoms with E-state index < -0.39 is 6.04 Å². The van der Waals surface area contributed by atoms with Gasteiger partial charge in [0.1, 0.15) is 6.04 Å². The van der Waals surface area contributed by atoms with E-state index in [9.17, 15) is 4.79 Å². The van der Waals surface area contributed by atoms with Crippen molar-refractivity contribution < 1.29 is 4.79 Å². The minimum atomic E-state index is -0.476. The van der Waals surface area contributed by atoms with Gasteiger partial charge in [0.15, 0.2) is 0 Å². The molecule has 0 spiro atoms. The Morgan fingerprint density at radius 3 is 2.76 bits per heavy atom. The fraction of sp³-hybridized carbons (Fsp3) is 0.375. The molecule has 1 aromatic carbocycles. The van der Waals surface area contributed by atoms with Crippen molar-refractivity contribution >= 4 is 16.8 Å². The summed E-state index contributed by atoms with van der Waals surface area (Å²) in [7, 11) is 3.98. The summed E-state index contributed by atoms with van der Waals surface area (Å²) in [6, 6.07) is 9.31. The van der Waals surface area contributed by atoms with Gasteiger partial charge in [-0.1, -0.05) is 12.1 Å². The molecule has 0 aliphatic rings. The smallest absolute Gasteiger partial charge is 0.239 e. The molecular weight excluding hydrogens is 264 g/mol. The highest BCUT2D eigenvalue weighted by atomic mass is 16.1. The van der Waals surface area contributed by atoms with Gasteiger partial charge in [-0.15, -0.1) is 0 Å². The molecule has 1 aromatic heterocycles. The fourth-order valence-corrected chi connectivity index (χ4v) is 2.24. The van der Waals surface area contributed by atoms with Gasteiger partial charge in [-0.3, -0.25) is 9.78 Å². The van der Waals surface area contributed by atoms with E-state index in [0.29, 0.717) is 6.54 Å². The number of rotatable bonds is 6. The van der Waals surface area contributed by atoms with Crippen LogP contribution in [0.3, 0.4) is 0 Å². The number of nitrogens with one attached hydrogen (secondary N) is 1. The highest BCUT2D eigenvalue weighted by Crippen LogP contribution is 2.19. The summed E-state index contributed by atoms with van der Waals surface area (Å²) in [5, 5.41) is 4.22. The topological polar surface area (TPSA) is 71.2 Å². The Balaban J connectivity index is 2.23. The lowest BCUT2D eigenvalue weighted by Crippen LogP contribution is -2.37. The van der Waals surface area contributed by atoms with Crippen molar-refractivity contribution in [1.82, 2.24) is 15.2 Å². The van der Waals surface area contributed by atoms with Crippen molar-refractivity contribution in [3.8, 4) is 0 Å². The van der Waals surface area contributed by atoms with Crippen LogP contribution in [0, 0.1) is 6.92 Å². The number of carbonyl (C=O) groups is 1. The zero-order chi connectivity index (χ0) is 15.4. The van der Waals surface area contributed by atoms with Gasteiger partial charge in [-0.2, -0.15) is 0 Å². The number of benzene rings is 1. The minimum Gasteiger partial charge on any atom is -0.368 e. The SMILES string of the molecule is Cc1ccc2cc(C(NCCN(C)C)C(N)=O)ccc2n1. The van der Waals surface area contributed by atoms with Crippen molar-refractivity contribution in [1.29, 1.82) is 0 Å². The summed E-state index contributed by atoms with van der Waals surface area (Å²) < 4.78 is 0. The normalized spacial score (nSPS) is 12.8. The van der Waals surface area contributed by atoms with Crippen LogP contribution in [0.15, 0.2) is 30.3 Å². The quantitative estimate of drug-likeness (QED) is 0.837. The minimum absolute atomic E-state index is 0.367. The third-order valence-electron chi connectivity index (χ3n) is 3.38. The Morgan fingerprint density at radius 1 is 1.33 bits per heavy atom. The Morgan fingerprint density at radius 2 is 2.10 bits per heavy atom. The zero-order valence-electron chi connectivity index (χ0n) is 12.8. The molecule has 0 aliphatic carbocycles. The Kier molecular flexibility index (Phi) is 4.88. The molecular formula is C16H22N4O. The molecule has 1 atom stereocenters. The molecule has 5 nitrogen and oxygen atoms in total. The molecule has 0 fully saturated rings. The first-order valence-corrected chi connectivity index (χ1v) is 7.02. The van der Waals surface area contributed by atoms with E-state index in [2.05, 4.69) is 15.2 Å². The van der Waals surface area contributed by atoms with E-state index in [4.69, 9.17) is 5.73 Å². The predicted molar refractivity (Wildman–Crippen MR) is 85.0 cm³/mol. The second kappa shape index (κ2) is 6.65. The van der Waals surface area contributed by atoms with Gasteiger partial charge in [0.25, 0.3) is 0 Å². The van der Waals surface area contributed by atoms with Crippen molar-refractivity contribution in [2.45, 2.75) is 13.0 Å². The Bertz CT molecular complexity index is 639. The Hall–Kier alpha value is -1.98. The lowest BCUT2D eigenvalue weighted by atomic mass is 10.0. The highest BCUT2D eigenvalue weighted by molar-refractivity contribution is 5.85. The van der Waals surface area contributed by atoms with Crippen LogP contribution >= 0.6 is 0 Å². The van der Waals surface area contributed by atoms with Crippen molar-refractivity contribution in [3.05, 3.63) is 41.6 Å². The number of likely N-dealkylation sites (N-methyl/N-ethyl adjacent to an activating group) is 1. The number of carbonyl (C=O) groups excluding carboxylic acids is 1. The number of hydrogen-bond donors (Lipinski definition) is 2. The first-order valence-electron chi connectivity index (χ1n) is 7.02. The summed E-state index contributed by atoms with van der Waals surface area (Å²) in [4.78, 5) is 18.2. The zero-order valence-corrected chi connectivity index (χ0v) is 12.8. The van der Waals surface area contributed by atoms with Crippen LogP contribution in [0.2, 0.25) is 0 Å². The van der Waals surface area contributed by atoms with Gasteiger partial charge in [0.2, 0.25) is 5.91 Å². The van der Waals surface area contributed by atoms with E-state index in [1.165, 1.54) is 0 Å². The highest BCUT2D eigenvalue weighted by Gasteiger charge is 2.17. The third kappa shape index (κ3) is 4.00. The maximum Gasteiger partial charge on any atom is 0.239 e. The molecule has 21 heavy (non-hydrogen) atoms. The van der Waals surface area contributed by atoms with E-state index in [1.807, 2.05) is 51.4 Å². The number of amides is 1. The molecule has 2 rings (SSSR count). The number of fused-ring (bicyclic) bond motifs is 1. The van der Waals surface area contributed by atoms with E-state index in [1.54, 1.807) is 0 Å². The number of hydrogen-bond acceptors (Lipinski definition) is 4. The summed E-state index contributed by atoms with van der Waals surface area (Å²) in [5.74, 6) is -0.367. The van der Waals surface area contributed by atoms with Gasteiger partial charge in [-0.25, -0.2) is 0 Å². The van der Waals surface area contributed by atoms with Crippen LogP contribution in [-0.4, -0.2) is 43.0 Å². The second-order valence-corrected chi connectivity index (χ2v) is 5.50. The molecule has 1 amide bonds. The molecule has 0 radical (unpaired) electrons. The van der Waals surface area contributed by atoms with Crippen LogP contribution in [0.25, 0.3) is 10.9 Å². The van der Waals surface area contributed by atoms with Crippen molar-refractivity contribution in [2.75, 3.05) is 27.2 Å². The first-order chi connectivity index (χ1) is 9.97. The van der Waals surface area contributed by atoms with Crippen LogP contribution in [-0.2, 0) is 4.79 Å².